The SMILES string of the molecule is C[C@@H]1CC(=O)[C@@H](N(C)C(=O)[C@H](CCN)CC(=O)c2ccc3ccccc3c2)c2ccc(OCCN)c(c2)-c2cc(ccc2OCCN)C[C@@H](C(=O)CCC#N)NC1=O. The molecule has 4 aromatic rings. The van der Waals surface area contributed by atoms with E-state index in [0.29, 0.717) is 39.3 Å². The van der Waals surface area contributed by atoms with E-state index in [1.54, 1.807) is 49.4 Å². The summed E-state index contributed by atoms with van der Waals surface area (Å²) in [5.74, 6) is -2.85. The number of rotatable bonds is 16. The lowest BCUT2D eigenvalue weighted by molar-refractivity contribution is -0.142. The Labute approximate surface area is 338 Å². The van der Waals surface area contributed by atoms with Crippen LogP contribution in [0.3, 0.4) is 0 Å². The van der Waals surface area contributed by atoms with Crippen LogP contribution in [0.1, 0.15) is 66.6 Å². The number of ketones is 3. The highest BCUT2D eigenvalue weighted by molar-refractivity contribution is 6.02. The maximum atomic E-state index is 14.6. The molecule has 0 saturated carbocycles. The maximum Gasteiger partial charge on any atom is 0.226 e. The van der Waals surface area contributed by atoms with Gasteiger partial charge < -0.3 is 36.9 Å². The van der Waals surface area contributed by atoms with Gasteiger partial charge in [0.15, 0.2) is 17.3 Å². The average molecular weight is 789 g/mol. The Kier molecular flexibility index (Phi) is 15.2. The molecule has 1 aliphatic rings. The van der Waals surface area contributed by atoms with Crippen LogP contribution in [0.5, 0.6) is 11.5 Å². The third-order valence-electron chi connectivity index (χ3n) is 10.4. The van der Waals surface area contributed by atoms with Gasteiger partial charge in [-0.1, -0.05) is 55.5 Å². The van der Waals surface area contributed by atoms with Crippen LogP contribution in [0.4, 0.5) is 0 Å². The topological polar surface area (TPSA) is 221 Å². The normalized spacial score (nSPS) is 17.3. The van der Waals surface area contributed by atoms with Gasteiger partial charge in [0.1, 0.15) is 30.8 Å². The van der Waals surface area contributed by atoms with Crippen molar-refractivity contribution in [3.63, 3.8) is 0 Å². The molecule has 1 heterocycles. The summed E-state index contributed by atoms with van der Waals surface area (Å²) >= 11 is 0. The summed E-state index contributed by atoms with van der Waals surface area (Å²) in [7, 11) is 1.52. The molecule has 5 rings (SSSR count). The Bertz CT molecular complexity index is 2180. The van der Waals surface area contributed by atoms with Crippen molar-refractivity contribution in [1.29, 1.82) is 5.26 Å². The van der Waals surface area contributed by atoms with Gasteiger partial charge in [-0.15, -0.1) is 0 Å². The van der Waals surface area contributed by atoms with Gasteiger partial charge >= 0.3 is 0 Å². The van der Waals surface area contributed by atoms with Crippen molar-refractivity contribution in [2.24, 2.45) is 29.0 Å². The zero-order valence-electron chi connectivity index (χ0n) is 33.1. The first-order chi connectivity index (χ1) is 28.0. The number of hydrogen-bond donors (Lipinski definition) is 4. The van der Waals surface area contributed by atoms with Crippen LogP contribution in [0, 0.1) is 23.2 Å². The largest absolute Gasteiger partial charge is 0.492 e. The Morgan fingerprint density at radius 3 is 2.21 bits per heavy atom. The number of nitrogens with zero attached hydrogens (tertiary/aromatic N) is 2. The fourth-order valence-electron chi connectivity index (χ4n) is 7.35. The van der Waals surface area contributed by atoms with Crippen LogP contribution in [0.2, 0.25) is 0 Å². The van der Waals surface area contributed by atoms with Gasteiger partial charge in [-0.25, -0.2) is 0 Å². The number of nitrogens with two attached hydrogens (primary N) is 3. The second-order valence-electron chi connectivity index (χ2n) is 14.6. The lowest BCUT2D eigenvalue weighted by Crippen LogP contribution is -2.46. The highest BCUT2D eigenvalue weighted by Gasteiger charge is 2.36. The zero-order valence-corrected chi connectivity index (χ0v) is 33.1. The minimum atomic E-state index is -1.20. The summed E-state index contributed by atoms with van der Waals surface area (Å²) in [5, 5.41) is 13.9. The predicted molar refractivity (Wildman–Crippen MR) is 221 cm³/mol. The Hall–Kier alpha value is -5.94. The van der Waals surface area contributed by atoms with Crippen molar-refractivity contribution >= 4 is 39.9 Å². The molecular formula is C45H52N6O7. The highest BCUT2D eigenvalue weighted by atomic mass is 16.5. The molecule has 4 atom stereocenters. The average Bonchev–Trinajstić information content (AvgIpc) is 3.23. The second kappa shape index (κ2) is 20.5. The Morgan fingerprint density at radius 1 is 0.862 bits per heavy atom. The second-order valence-corrected chi connectivity index (χ2v) is 14.6. The summed E-state index contributed by atoms with van der Waals surface area (Å²) in [4.78, 5) is 71.3. The van der Waals surface area contributed by atoms with Crippen molar-refractivity contribution in [1.82, 2.24) is 10.2 Å². The quantitative estimate of drug-likeness (QED) is 0.116. The van der Waals surface area contributed by atoms with Crippen LogP contribution in [-0.2, 0) is 25.6 Å². The molecule has 0 fully saturated rings. The van der Waals surface area contributed by atoms with Crippen molar-refractivity contribution in [3.8, 4) is 28.7 Å². The third kappa shape index (κ3) is 10.5. The number of nitriles is 1. The monoisotopic (exact) mass is 788 g/mol. The molecule has 0 radical (unpaired) electrons. The number of benzene rings is 4. The molecule has 4 aromatic carbocycles. The molecule has 4 bridgehead atoms. The first-order valence-electron chi connectivity index (χ1n) is 19.6. The summed E-state index contributed by atoms with van der Waals surface area (Å²) < 4.78 is 12.2. The first kappa shape index (κ1) is 43.2. The smallest absolute Gasteiger partial charge is 0.226 e. The standard InChI is InChI=1S/C45H52N6O7/c1-28-22-40(54)43(51(2)45(56)34(15-17-47)27-39(53)32-11-10-30-6-3-4-7-31(30)25-32)33-12-14-42(58-21-19-49)36(26-33)35-23-29(9-13-41(35)57-20-18-48)24-37(50-44(28)55)38(52)8-5-16-46/h3-4,6-7,9-14,23,25-26,28,34,37,43H,5,8,15,17-22,24,27,47-49H2,1-2H3,(H,50,55)/t28-,34-,37+,43+/m1/s1. The molecule has 0 spiro atoms. The number of amides is 2. The molecular weight excluding hydrogens is 737 g/mol. The number of ether oxygens (including phenoxy) is 2. The summed E-state index contributed by atoms with van der Waals surface area (Å²) in [6.07, 6.45) is -0.199. The van der Waals surface area contributed by atoms with E-state index < -0.39 is 41.5 Å². The van der Waals surface area contributed by atoms with E-state index in [2.05, 4.69) is 5.32 Å². The van der Waals surface area contributed by atoms with Crippen molar-refractivity contribution in [2.75, 3.05) is 39.9 Å². The summed E-state index contributed by atoms with van der Waals surface area (Å²) in [5.41, 5.74) is 20.3. The van der Waals surface area contributed by atoms with Crippen LogP contribution in [0.15, 0.2) is 78.9 Å². The van der Waals surface area contributed by atoms with Crippen LogP contribution in [0.25, 0.3) is 21.9 Å². The number of likely N-dealkylation sites (N-methyl/N-ethyl adjacent to an activating group) is 1. The number of carbonyl (C=O) groups is 5. The Balaban J connectivity index is 1.61. The lowest BCUT2D eigenvalue weighted by atomic mass is 9.88. The van der Waals surface area contributed by atoms with E-state index in [0.717, 1.165) is 10.8 Å². The van der Waals surface area contributed by atoms with Crippen LogP contribution >= 0.6 is 0 Å². The van der Waals surface area contributed by atoms with Crippen molar-refractivity contribution in [3.05, 3.63) is 95.6 Å². The minimum absolute atomic E-state index is 0.0218. The first-order valence-corrected chi connectivity index (χ1v) is 19.6. The molecule has 304 valence electrons. The number of fused-ring (bicyclic) bond motifs is 6. The number of hydrogen-bond acceptors (Lipinski definition) is 11. The van der Waals surface area contributed by atoms with E-state index >= 15 is 0 Å². The summed E-state index contributed by atoms with van der Waals surface area (Å²) in [6, 6.07) is 23.4. The third-order valence-corrected chi connectivity index (χ3v) is 10.4. The number of Topliss-reactive ketones (excluding diaryl/α,β-unsaturated/α-hetero) is 3. The van der Waals surface area contributed by atoms with Gasteiger partial charge in [0.2, 0.25) is 11.8 Å². The van der Waals surface area contributed by atoms with Gasteiger partial charge in [-0.2, -0.15) is 5.26 Å². The fourth-order valence-corrected chi connectivity index (χ4v) is 7.35. The molecule has 7 N–H and O–H groups in total. The van der Waals surface area contributed by atoms with Crippen LogP contribution in [-0.4, -0.2) is 80.0 Å². The highest BCUT2D eigenvalue weighted by Crippen LogP contribution is 2.41. The molecule has 1 aliphatic heterocycles. The van der Waals surface area contributed by atoms with E-state index in [4.69, 9.17) is 26.7 Å². The van der Waals surface area contributed by atoms with E-state index in [9.17, 15) is 29.2 Å². The van der Waals surface area contributed by atoms with Gasteiger partial charge in [0, 0.05) is 74.3 Å². The fraction of sp³-hybridized carbons (Fsp3) is 0.378. The summed E-state index contributed by atoms with van der Waals surface area (Å²) in [6.45, 7) is 2.53. The van der Waals surface area contributed by atoms with Crippen molar-refractivity contribution in [2.45, 2.75) is 57.5 Å². The number of carbonyl (C=O) groups excluding carboxylic acids is 5. The molecule has 2 amide bonds. The van der Waals surface area contributed by atoms with Gasteiger partial charge in [-0.05, 0) is 71.6 Å². The lowest BCUT2D eigenvalue weighted by Gasteiger charge is -2.32. The van der Waals surface area contributed by atoms with Crippen molar-refractivity contribution < 1.29 is 33.4 Å². The van der Waals surface area contributed by atoms with E-state index in [1.165, 1.54) is 11.9 Å². The van der Waals surface area contributed by atoms with Crippen LogP contribution < -0.4 is 32.0 Å². The molecule has 58 heavy (non-hydrogen) atoms. The number of nitrogens with one attached hydrogen (secondary N) is 1. The predicted octanol–water partition coefficient (Wildman–Crippen LogP) is 4.43. The Morgan fingerprint density at radius 2 is 1.53 bits per heavy atom. The molecule has 13 heteroatoms. The van der Waals surface area contributed by atoms with Gasteiger partial charge in [0.25, 0.3) is 0 Å². The van der Waals surface area contributed by atoms with Gasteiger partial charge in [0.05, 0.1) is 12.1 Å². The minimum Gasteiger partial charge on any atom is -0.492 e. The maximum absolute atomic E-state index is 14.6. The molecule has 0 aliphatic carbocycles. The molecule has 13 nitrogen and oxygen atoms in total. The zero-order chi connectivity index (χ0) is 41.8. The molecule has 0 unspecified atom stereocenters. The van der Waals surface area contributed by atoms with Gasteiger partial charge in [-0.3, -0.25) is 24.0 Å². The molecule has 0 aromatic heterocycles. The molecule has 0 saturated heterocycles. The van der Waals surface area contributed by atoms with E-state index in [1.807, 2.05) is 42.5 Å². The van der Waals surface area contributed by atoms with E-state index in [-0.39, 0.29) is 82.9 Å².